The van der Waals surface area contributed by atoms with Crippen LogP contribution in [0.25, 0.3) is 0 Å². The molecule has 2 aliphatic heterocycles. The van der Waals surface area contributed by atoms with E-state index in [0.717, 1.165) is 44.0 Å². The molecular weight excluding hydrogens is 348 g/mol. The van der Waals surface area contributed by atoms with E-state index in [0.29, 0.717) is 18.4 Å². The predicted molar refractivity (Wildman–Crippen MR) is 114 cm³/mol. The van der Waals surface area contributed by atoms with Gasteiger partial charge in [-0.2, -0.15) is 0 Å². The van der Waals surface area contributed by atoms with Crippen LogP contribution in [0.15, 0.2) is 41.2 Å². The van der Waals surface area contributed by atoms with E-state index in [1.54, 1.807) is 0 Å². The molecule has 0 N–H and O–H groups in total. The summed E-state index contributed by atoms with van der Waals surface area (Å²) in [5, 5.41) is 4.51. The van der Waals surface area contributed by atoms with E-state index in [-0.39, 0.29) is 0 Å². The van der Waals surface area contributed by atoms with Gasteiger partial charge in [0.2, 0.25) is 0 Å². The molecule has 0 saturated carbocycles. The summed E-state index contributed by atoms with van der Waals surface area (Å²) < 4.78 is 0. The zero-order valence-electron chi connectivity index (χ0n) is 17.1. The number of allylic oxidation sites excluding steroid dienone is 1. The minimum Gasteiger partial charge on any atom is -0.395 e. The summed E-state index contributed by atoms with van der Waals surface area (Å²) in [4.78, 5) is 15.3. The molecule has 1 unspecified atom stereocenters. The normalized spacial score (nSPS) is 22.7. The van der Waals surface area contributed by atoms with Crippen molar-refractivity contribution in [3.8, 4) is 0 Å². The second-order valence-corrected chi connectivity index (χ2v) is 8.37. The Bertz CT molecular complexity index is 673. The quantitative estimate of drug-likeness (QED) is 0.505. The Morgan fingerprint density at radius 1 is 1.18 bits per heavy atom. The Morgan fingerprint density at radius 3 is 2.64 bits per heavy atom. The van der Waals surface area contributed by atoms with Gasteiger partial charge in [-0.1, -0.05) is 29.3 Å². The summed E-state index contributed by atoms with van der Waals surface area (Å²) in [7, 11) is 0. The van der Waals surface area contributed by atoms with Crippen LogP contribution >= 0.6 is 0 Å². The zero-order chi connectivity index (χ0) is 19.2. The average molecular weight is 382 g/mol. The molecule has 1 atom stereocenters. The molecular formula is C23H33N4O. The lowest BCUT2D eigenvalue weighted by Gasteiger charge is -2.32. The first-order valence-corrected chi connectivity index (χ1v) is 10.9. The highest BCUT2D eigenvalue weighted by atomic mass is 16.6. The lowest BCUT2D eigenvalue weighted by molar-refractivity contribution is 0.0953. The van der Waals surface area contributed by atoms with E-state index >= 15 is 0 Å². The second-order valence-electron chi connectivity index (χ2n) is 8.37. The van der Waals surface area contributed by atoms with E-state index < -0.39 is 0 Å². The molecule has 0 bridgehead atoms. The van der Waals surface area contributed by atoms with Crippen molar-refractivity contribution in [3.63, 3.8) is 0 Å². The molecule has 0 aromatic carbocycles. The summed E-state index contributed by atoms with van der Waals surface area (Å²) in [6.07, 6.45) is 12.6. The van der Waals surface area contributed by atoms with Gasteiger partial charge in [0.05, 0.1) is 5.71 Å². The van der Waals surface area contributed by atoms with Crippen LogP contribution in [0.5, 0.6) is 0 Å². The Kier molecular flexibility index (Phi) is 6.63. The van der Waals surface area contributed by atoms with Gasteiger partial charge in [0.1, 0.15) is 12.4 Å². The molecule has 151 valence electrons. The average Bonchev–Trinajstić information content (AvgIpc) is 3.60. The smallest absolute Gasteiger partial charge is 0.128 e. The molecule has 3 aliphatic rings. The first kappa shape index (κ1) is 19.4. The van der Waals surface area contributed by atoms with Crippen molar-refractivity contribution in [2.45, 2.75) is 39.0 Å². The lowest BCUT2D eigenvalue weighted by Crippen LogP contribution is -2.36. The third-order valence-electron chi connectivity index (χ3n) is 6.30. The Hall–Kier alpha value is -1.88. The van der Waals surface area contributed by atoms with Crippen LogP contribution in [0.2, 0.25) is 0 Å². The number of anilines is 1. The summed E-state index contributed by atoms with van der Waals surface area (Å²) in [5.74, 6) is 2.08. The van der Waals surface area contributed by atoms with Gasteiger partial charge in [-0.05, 0) is 57.8 Å². The van der Waals surface area contributed by atoms with Crippen molar-refractivity contribution in [3.05, 3.63) is 42.5 Å². The summed E-state index contributed by atoms with van der Waals surface area (Å²) >= 11 is 0. The molecule has 1 aliphatic carbocycles. The van der Waals surface area contributed by atoms with Crippen molar-refractivity contribution in [2.24, 2.45) is 17.0 Å². The minimum atomic E-state index is 0.473. The van der Waals surface area contributed by atoms with Crippen LogP contribution in [-0.4, -0.2) is 54.9 Å². The van der Waals surface area contributed by atoms with E-state index in [2.05, 4.69) is 51.5 Å². The second kappa shape index (κ2) is 9.55. The molecule has 1 radical (unpaired) electrons. The Balaban J connectivity index is 1.22. The highest BCUT2D eigenvalue weighted by Crippen LogP contribution is 2.29. The number of aromatic nitrogens is 1. The van der Waals surface area contributed by atoms with E-state index in [4.69, 9.17) is 4.84 Å². The maximum Gasteiger partial charge on any atom is 0.128 e. The van der Waals surface area contributed by atoms with Crippen LogP contribution in [-0.2, 0) is 4.84 Å². The number of pyridine rings is 1. The molecule has 4 rings (SSSR count). The van der Waals surface area contributed by atoms with Gasteiger partial charge in [0, 0.05) is 44.1 Å². The predicted octanol–water partition coefficient (Wildman–Crippen LogP) is 3.94. The van der Waals surface area contributed by atoms with Crippen molar-refractivity contribution < 1.29 is 4.84 Å². The highest BCUT2D eigenvalue weighted by molar-refractivity contribution is 5.84. The number of hydrogen-bond acceptors (Lipinski definition) is 5. The number of oxime groups is 1. The monoisotopic (exact) mass is 381 g/mol. The minimum absolute atomic E-state index is 0.473. The molecule has 2 fully saturated rings. The summed E-state index contributed by atoms with van der Waals surface area (Å²) in [6.45, 7) is 8.48. The topological polar surface area (TPSA) is 41.0 Å². The van der Waals surface area contributed by atoms with Crippen LogP contribution in [0.1, 0.15) is 39.0 Å². The molecule has 0 spiro atoms. The van der Waals surface area contributed by atoms with Gasteiger partial charge in [0.15, 0.2) is 0 Å². The van der Waals surface area contributed by atoms with Crippen molar-refractivity contribution >= 4 is 11.5 Å². The van der Waals surface area contributed by atoms with E-state index in [1.165, 1.54) is 37.9 Å². The Labute approximate surface area is 169 Å². The highest BCUT2D eigenvalue weighted by Gasteiger charge is 2.26. The molecule has 5 heteroatoms. The Morgan fingerprint density at radius 2 is 1.96 bits per heavy atom. The largest absolute Gasteiger partial charge is 0.395 e. The van der Waals surface area contributed by atoms with Crippen LogP contribution < -0.4 is 4.90 Å². The first-order valence-electron chi connectivity index (χ1n) is 10.9. The van der Waals surface area contributed by atoms with Crippen molar-refractivity contribution in [2.75, 3.05) is 44.2 Å². The number of rotatable bonds is 8. The lowest BCUT2D eigenvalue weighted by atomic mass is 9.93. The van der Waals surface area contributed by atoms with Gasteiger partial charge < -0.3 is 14.6 Å². The SMILES string of the molecule is C/C(=N\OCC(CN1CCCCC1)C1=C[CH]1)C1CCN(c2ccccn2)CC1. The molecule has 28 heavy (non-hydrogen) atoms. The van der Waals surface area contributed by atoms with Gasteiger partial charge >= 0.3 is 0 Å². The van der Waals surface area contributed by atoms with Gasteiger partial charge in [0.25, 0.3) is 0 Å². The molecule has 1 aromatic heterocycles. The van der Waals surface area contributed by atoms with Crippen LogP contribution in [0.4, 0.5) is 5.82 Å². The number of nitrogens with zero attached hydrogens (tertiary/aromatic N) is 4. The third kappa shape index (κ3) is 5.34. The van der Waals surface area contributed by atoms with Gasteiger partial charge in [-0.3, -0.25) is 0 Å². The molecule has 2 saturated heterocycles. The van der Waals surface area contributed by atoms with Crippen molar-refractivity contribution in [1.82, 2.24) is 9.88 Å². The fraction of sp³-hybridized carbons (Fsp3) is 0.609. The summed E-state index contributed by atoms with van der Waals surface area (Å²) in [5.41, 5.74) is 2.59. The maximum atomic E-state index is 5.84. The molecule has 5 nitrogen and oxygen atoms in total. The van der Waals surface area contributed by atoms with Gasteiger partial charge in [-0.15, -0.1) is 0 Å². The van der Waals surface area contributed by atoms with Gasteiger partial charge in [-0.25, -0.2) is 4.98 Å². The number of hydrogen-bond donors (Lipinski definition) is 0. The fourth-order valence-corrected chi connectivity index (χ4v) is 4.40. The maximum absolute atomic E-state index is 5.84. The molecule has 0 amide bonds. The molecule has 3 heterocycles. The number of piperidine rings is 2. The molecule has 1 aromatic rings. The zero-order valence-corrected chi connectivity index (χ0v) is 17.1. The van der Waals surface area contributed by atoms with E-state index in [9.17, 15) is 0 Å². The van der Waals surface area contributed by atoms with Crippen molar-refractivity contribution in [1.29, 1.82) is 0 Å². The van der Waals surface area contributed by atoms with Crippen LogP contribution in [0, 0.1) is 18.3 Å². The van der Waals surface area contributed by atoms with Crippen LogP contribution in [0.3, 0.4) is 0 Å². The number of likely N-dealkylation sites (tertiary alicyclic amines) is 1. The first-order chi connectivity index (χ1) is 13.8. The van der Waals surface area contributed by atoms with E-state index in [1.807, 2.05) is 12.3 Å². The summed E-state index contributed by atoms with van der Waals surface area (Å²) in [6, 6.07) is 6.12. The third-order valence-corrected chi connectivity index (χ3v) is 6.30. The standard InChI is InChI=1S/C23H33N4O/c1-19(20-10-15-27(16-11-20)23-7-3-4-12-24-23)25-28-18-22(21-8-9-21)17-26-13-5-2-6-14-26/h3-4,7-9,12,20,22H,2,5-6,10-11,13-18H2,1H3/b25-19+. The fourth-order valence-electron chi connectivity index (χ4n) is 4.40.